The summed E-state index contributed by atoms with van der Waals surface area (Å²) in [4.78, 5) is 13.0. The van der Waals surface area contributed by atoms with Gasteiger partial charge in [0.05, 0.1) is 0 Å². The highest BCUT2D eigenvalue weighted by atomic mass is 16.5. The van der Waals surface area contributed by atoms with Gasteiger partial charge in [0.1, 0.15) is 11.9 Å². The van der Waals surface area contributed by atoms with Crippen molar-refractivity contribution < 1.29 is 14.6 Å². The molecule has 3 heterocycles. The topological polar surface area (TPSA) is 49.8 Å². The molecule has 3 fully saturated rings. The average molecular weight is 275 g/mol. The van der Waals surface area contributed by atoms with Gasteiger partial charge in [-0.25, -0.2) is 0 Å². The third-order valence-corrected chi connectivity index (χ3v) is 4.43. The Morgan fingerprint density at radius 2 is 1.95 bits per heavy atom. The maximum Gasteiger partial charge on any atom is 0.303 e. The van der Waals surface area contributed by atoms with E-state index in [-0.39, 0.29) is 6.42 Å². The van der Waals surface area contributed by atoms with Crippen LogP contribution < -0.4 is 4.74 Å². The zero-order valence-corrected chi connectivity index (χ0v) is 11.6. The van der Waals surface area contributed by atoms with Gasteiger partial charge < -0.3 is 9.84 Å². The second kappa shape index (κ2) is 5.83. The summed E-state index contributed by atoms with van der Waals surface area (Å²) in [6.07, 6.45) is 3.58. The van der Waals surface area contributed by atoms with Crippen molar-refractivity contribution in [2.24, 2.45) is 5.92 Å². The lowest BCUT2D eigenvalue weighted by Crippen LogP contribution is -2.52. The predicted molar refractivity (Wildman–Crippen MR) is 76.0 cm³/mol. The van der Waals surface area contributed by atoms with Crippen LogP contribution in [0.1, 0.15) is 24.8 Å². The number of carbonyl (C=O) groups is 1. The number of carboxylic acids is 1. The molecule has 0 saturated carbocycles. The Hall–Kier alpha value is -1.55. The van der Waals surface area contributed by atoms with Crippen molar-refractivity contribution in [1.82, 2.24) is 4.90 Å². The van der Waals surface area contributed by atoms with Crippen molar-refractivity contribution in [3.63, 3.8) is 0 Å². The number of hydrogen-bond acceptors (Lipinski definition) is 3. The normalized spacial score (nSPS) is 28.3. The van der Waals surface area contributed by atoms with Crippen molar-refractivity contribution in [2.45, 2.75) is 31.8 Å². The molecule has 20 heavy (non-hydrogen) atoms. The Bertz CT molecular complexity index is 463. The molecular formula is C16H21NO3. The summed E-state index contributed by atoms with van der Waals surface area (Å²) in [5, 5.41) is 8.68. The largest absolute Gasteiger partial charge is 0.489 e. The Labute approximate surface area is 119 Å². The van der Waals surface area contributed by atoms with Crippen LogP contribution in [0.3, 0.4) is 0 Å². The third kappa shape index (κ3) is 3.12. The fraction of sp³-hybridized carbons (Fsp3) is 0.562. The first-order valence-corrected chi connectivity index (χ1v) is 7.40. The van der Waals surface area contributed by atoms with Crippen molar-refractivity contribution in [3.8, 4) is 5.75 Å². The molecule has 1 unspecified atom stereocenters. The molecule has 0 spiro atoms. The SMILES string of the molecule is O=C(O)CCc1ccc(OC2CN3CCC2CC3)cc1. The van der Waals surface area contributed by atoms with Crippen molar-refractivity contribution in [1.29, 1.82) is 0 Å². The second-order valence-corrected chi connectivity index (χ2v) is 5.83. The van der Waals surface area contributed by atoms with Crippen LogP contribution in [-0.4, -0.2) is 41.7 Å². The van der Waals surface area contributed by atoms with Crippen LogP contribution >= 0.6 is 0 Å². The minimum atomic E-state index is -0.752. The number of hydrogen-bond donors (Lipinski definition) is 1. The summed E-state index contributed by atoms with van der Waals surface area (Å²) in [6.45, 7) is 3.49. The highest BCUT2D eigenvalue weighted by Crippen LogP contribution is 2.30. The predicted octanol–water partition coefficient (Wildman–Crippen LogP) is 2.18. The number of rotatable bonds is 5. The van der Waals surface area contributed by atoms with Gasteiger partial charge in [-0.2, -0.15) is 0 Å². The van der Waals surface area contributed by atoms with Gasteiger partial charge in [-0.15, -0.1) is 0 Å². The fourth-order valence-electron chi connectivity index (χ4n) is 3.21. The van der Waals surface area contributed by atoms with Crippen LogP contribution in [-0.2, 0) is 11.2 Å². The zero-order valence-electron chi connectivity index (χ0n) is 11.6. The molecule has 3 aliphatic rings. The van der Waals surface area contributed by atoms with Gasteiger partial charge in [0.15, 0.2) is 0 Å². The number of aliphatic carboxylic acids is 1. The molecule has 3 saturated heterocycles. The molecule has 108 valence electrons. The summed E-state index contributed by atoms with van der Waals surface area (Å²) in [7, 11) is 0. The molecule has 1 atom stereocenters. The maximum absolute atomic E-state index is 10.5. The molecule has 2 bridgehead atoms. The molecule has 1 aromatic rings. The Morgan fingerprint density at radius 3 is 2.50 bits per heavy atom. The lowest BCUT2D eigenvalue weighted by atomic mass is 9.86. The highest BCUT2D eigenvalue weighted by molar-refractivity contribution is 5.67. The molecular weight excluding hydrogens is 254 g/mol. The van der Waals surface area contributed by atoms with E-state index >= 15 is 0 Å². The van der Waals surface area contributed by atoms with Crippen LogP contribution in [0.2, 0.25) is 0 Å². The summed E-state index contributed by atoms with van der Waals surface area (Å²) < 4.78 is 6.11. The van der Waals surface area contributed by atoms with Crippen molar-refractivity contribution in [3.05, 3.63) is 29.8 Å². The van der Waals surface area contributed by atoms with Gasteiger partial charge in [-0.3, -0.25) is 9.69 Å². The number of carboxylic acid groups (broad SMARTS) is 1. The molecule has 3 aliphatic heterocycles. The highest BCUT2D eigenvalue weighted by Gasteiger charge is 2.35. The molecule has 1 aromatic carbocycles. The number of ether oxygens (including phenoxy) is 1. The van der Waals surface area contributed by atoms with Gasteiger partial charge in [-0.1, -0.05) is 12.1 Å². The van der Waals surface area contributed by atoms with E-state index in [2.05, 4.69) is 4.90 Å². The van der Waals surface area contributed by atoms with Crippen molar-refractivity contribution in [2.75, 3.05) is 19.6 Å². The monoisotopic (exact) mass is 275 g/mol. The van der Waals surface area contributed by atoms with Crippen LogP contribution in [0.4, 0.5) is 0 Å². The Balaban J connectivity index is 1.56. The zero-order chi connectivity index (χ0) is 13.9. The van der Waals surface area contributed by atoms with E-state index in [9.17, 15) is 4.79 Å². The Morgan fingerprint density at radius 1 is 1.25 bits per heavy atom. The van der Waals surface area contributed by atoms with Gasteiger partial charge in [-0.05, 0) is 56.0 Å². The van der Waals surface area contributed by atoms with Gasteiger partial charge in [0.25, 0.3) is 0 Å². The minimum absolute atomic E-state index is 0.180. The molecule has 0 amide bonds. The first-order valence-electron chi connectivity index (χ1n) is 7.40. The first kappa shape index (κ1) is 13.4. The number of aryl methyl sites for hydroxylation is 1. The van der Waals surface area contributed by atoms with E-state index in [0.29, 0.717) is 18.4 Å². The van der Waals surface area contributed by atoms with E-state index < -0.39 is 5.97 Å². The summed E-state index contributed by atoms with van der Waals surface area (Å²) in [5.41, 5.74) is 1.05. The Kier molecular flexibility index (Phi) is 3.92. The lowest BCUT2D eigenvalue weighted by molar-refractivity contribution is -0.136. The number of piperidine rings is 3. The number of fused-ring (bicyclic) bond motifs is 3. The summed E-state index contributed by atoms with van der Waals surface area (Å²) in [5.74, 6) is 0.854. The standard InChI is InChI=1S/C16H21NO3/c18-16(19)6-3-12-1-4-14(5-2-12)20-15-11-17-9-7-13(15)8-10-17/h1-2,4-5,13,15H,3,6-11H2,(H,18,19). The molecule has 4 heteroatoms. The van der Waals surface area contributed by atoms with Gasteiger partial charge in [0, 0.05) is 13.0 Å². The van der Waals surface area contributed by atoms with Gasteiger partial charge >= 0.3 is 5.97 Å². The van der Waals surface area contributed by atoms with Crippen LogP contribution in [0.5, 0.6) is 5.75 Å². The molecule has 0 radical (unpaired) electrons. The van der Waals surface area contributed by atoms with Gasteiger partial charge in [0.2, 0.25) is 0 Å². The van der Waals surface area contributed by atoms with E-state index in [1.165, 1.54) is 25.9 Å². The average Bonchev–Trinajstić information content (AvgIpc) is 2.48. The molecule has 4 nitrogen and oxygen atoms in total. The molecule has 4 rings (SSSR count). The molecule has 1 N–H and O–H groups in total. The van der Waals surface area contributed by atoms with Crippen LogP contribution in [0.15, 0.2) is 24.3 Å². The second-order valence-electron chi connectivity index (χ2n) is 5.83. The molecule has 0 aliphatic carbocycles. The van der Waals surface area contributed by atoms with E-state index in [1.807, 2.05) is 24.3 Å². The number of nitrogens with zero attached hydrogens (tertiary/aromatic N) is 1. The van der Waals surface area contributed by atoms with E-state index in [1.54, 1.807) is 0 Å². The summed E-state index contributed by atoms with van der Waals surface area (Å²) in [6, 6.07) is 7.88. The van der Waals surface area contributed by atoms with E-state index in [0.717, 1.165) is 17.9 Å². The first-order chi connectivity index (χ1) is 9.70. The summed E-state index contributed by atoms with van der Waals surface area (Å²) >= 11 is 0. The smallest absolute Gasteiger partial charge is 0.303 e. The van der Waals surface area contributed by atoms with Crippen LogP contribution in [0.25, 0.3) is 0 Å². The van der Waals surface area contributed by atoms with Crippen LogP contribution in [0, 0.1) is 5.92 Å². The molecule has 0 aromatic heterocycles. The quantitative estimate of drug-likeness (QED) is 0.895. The third-order valence-electron chi connectivity index (χ3n) is 4.43. The van der Waals surface area contributed by atoms with Crippen molar-refractivity contribution >= 4 is 5.97 Å². The lowest BCUT2D eigenvalue weighted by Gasteiger charge is -2.44. The maximum atomic E-state index is 10.5. The van der Waals surface area contributed by atoms with E-state index in [4.69, 9.17) is 9.84 Å². The number of benzene rings is 1. The fourth-order valence-corrected chi connectivity index (χ4v) is 3.21. The minimum Gasteiger partial charge on any atom is -0.489 e.